The number of oxazole rings is 1. The van der Waals surface area contributed by atoms with Crippen molar-refractivity contribution < 1.29 is 22.0 Å². The lowest BCUT2D eigenvalue weighted by Crippen LogP contribution is -2.05. The quantitative estimate of drug-likeness (QED) is 0.348. The lowest BCUT2D eigenvalue weighted by Gasteiger charge is -2.09. The molecule has 0 unspecified atom stereocenters. The second-order valence-electron chi connectivity index (χ2n) is 7.30. The number of nitrogens with zero attached hydrogens (tertiary/aromatic N) is 4. The van der Waals surface area contributed by atoms with Gasteiger partial charge in [-0.05, 0) is 35.9 Å². The van der Waals surface area contributed by atoms with Gasteiger partial charge in [0, 0.05) is 24.2 Å². The van der Waals surface area contributed by atoms with Crippen molar-refractivity contribution in [1.29, 1.82) is 0 Å². The van der Waals surface area contributed by atoms with Gasteiger partial charge in [0.2, 0.25) is 15.0 Å². The molecule has 0 saturated heterocycles. The van der Waals surface area contributed by atoms with Crippen molar-refractivity contribution in [3.05, 3.63) is 84.6 Å². The van der Waals surface area contributed by atoms with E-state index >= 15 is 0 Å². The third kappa shape index (κ3) is 4.20. The molecule has 33 heavy (non-hydrogen) atoms. The van der Waals surface area contributed by atoms with Crippen LogP contribution in [0, 0.1) is 5.82 Å². The fraction of sp³-hybridized carbons (Fsp3) is 0.0870. The summed E-state index contributed by atoms with van der Waals surface area (Å²) in [6.45, 7) is 0.270. The molecular weight excluding hydrogens is 447 g/mol. The summed E-state index contributed by atoms with van der Waals surface area (Å²) in [6, 6.07) is 15.0. The van der Waals surface area contributed by atoms with Gasteiger partial charge < -0.3 is 9.15 Å². The van der Waals surface area contributed by atoms with E-state index in [0.29, 0.717) is 28.7 Å². The molecule has 0 aliphatic rings. The molecule has 3 heterocycles. The maximum absolute atomic E-state index is 13.1. The van der Waals surface area contributed by atoms with Crippen LogP contribution in [0.4, 0.5) is 4.39 Å². The summed E-state index contributed by atoms with van der Waals surface area (Å²) >= 11 is 0. The summed E-state index contributed by atoms with van der Waals surface area (Å²) in [6.07, 6.45) is 5.61. The van der Waals surface area contributed by atoms with Gasteiger partial charge in [0.15, 0.2) is 0 Å². The van der Waals surface area contributed by atoms with E-state index in [1.54, 1.807) is 34.9 Å². The number of hydrogen-bond acceptors (Lipinski definition) is 7. The highest BCUT2D eigenvalue weighted by atomic mass is 32.2. The Morgan fingerprint density at radius 1 is 1.09 bits per heavy atom. The van der Waals surface area contributed by atoms with Crippen molar-refractivity contribution in [2.75, 3.05) is 6.26 Å². The monoisotopic (exact) mass is 464 g/mol. The van der Waals surface area contributed by atoms with Crippen LogP contribution in [0.5, 0.6) is 5.75 Å². The maximum Gasteiger partial charge on any atom is 0.306 e. The molecule has 0 amide bonds. The zero-order valence-electron chi connectivity index (χ0n) is 17.3. The van der Waals surface area contributed by atoms with Crippen LogP contribution >= 0.6 is 0 Å². The molecule has 0 aliphatic carbocycles. The highest BCUT2D eigenvalue weighted by Crippen LogP contribution is 2.34. The molecule has 3 aromatic heterocycles. The summed E-state index contributed by atoms with van der Waals surface area (Å²) < 4.78 is 50.1. The van der Waals surface area contributed by atoms with Gasteiger partial charge >= 0.3 is 5.84 Å². The molecule has 0 bridgehead atoms. The van der Waals surface area contributed by atoms with Crippen LogP contribution in [0.15, 0.2) is 82.8 Å². The Hall–Kier alpha value is -4.05. The first-order chi connectivity index (χ1) is 15.9. The highest BCUT2D eigenvalue weighted by molar-refractivity contribution is 7.90. The van der Waals surface area contributed by atoms with E-state index in [4.69, 9.17) is 9.15 Å². The minimum atomic E-state index is -3.60. The van der Waals surface area contributed by atoms with Gasteiger partial charge in [0.1, 0.15) is 35.8 Å². The topological polar surface area (TPSA) is 99.6 Å². The summed E-state index contributed by atoms with van der Waals surface area (Å²) in [5.41, 5.74) is 3.03. The van der Waals surface area contributed by atoms with Gasteiger partial charge in [-0.2, -0.15) is 4.98 Å². The Balaban J connectivity index is 1.54. The van der Waals surface area contributed by atoms with Crippen LogP contribution in [0.1, 0.15) is 5.56 Å². The van der Waals surface area contributed by atoms with Crippen LogP contribution in [-0.4, -0.2) is 34.0 Å². The van der Waals surface area contributed by atoms with Crippen LogP contribution in [0.25, 0.3) is 28.5 Å². The molecule has 0 atom stereocenters. The van der Waals surface area contributed by atoms with E-state index in [2.05, 4.69) is 15.0 Å². The number of imidazole rings is 1. The molecule has 5 rings (SSSR count). The number of aromatic nitrogens is 4. The van der Waals surface area contributed by atoms with Crippen LogP contribution < -0.4 is 4.74 Å². The van der Waals surface area contributed by atoms with Gasteiger partial charge in [0.05, 0.1) is 5.69 Å². The van der Waals surface area contributed by atoms with Crippen molar-refractivity contribution in [2.45, 2.75) is 11.8 Å². The Bertz CT molecular complexity index is 1560. The van der Waals surface area contributed by atoms with Crippen molar-refractivity contribution in [2.24, 2.45) is 0 Å². The Morgan fingerprint density at radius 3 is 2.70 bits per heavy atom. The molecule has 5 aromatic rings. The van der Waals surface area contributed by atoms with E-state index in [9.17, 15) is 12.8 Å². The normalized spacial score (nSPS) is 11.7. The first-order valence-electron chi connectivity index (χ1n) is 9.85. The molecule has 166 valence electrons. The number of ether oxygens (including phenoxy) is 1. The van der Waals surface area contributed by atoms with Crippen molar-refractivity contribution >= 4 is 15.7 Å². The minimum Gasteiger partial charge on any atom is -0.489 e. The minimum absolute atomic E-state index is 0.270. The smallest absolute Gasteiger partial charge is 0.306 e. The number of halogens is 1. The van der Waals surface area contributed by atoms with Crippen LogP contribution in [-0.2, 0) is 16.4 Å². The fourth-order valence-electron chi connectivity index (χ4n) is 3.36. The fourth-order valence-corrected chi connectivity index (χ4v) is 3.88. The van der Waals surface area contributed by atoms with Gasteiger partial charge in [-0.1, -0.05) is 24.3 Å². The van der Waals surface area contributed by atoms with E-state index in [1.165, 1.54) is 24.6 Å². The summed E-state index contributed by atoms with van der Waals surface area (Å²) in [5, 5.41) is -0.277. The zero-order valence-corrected chi connectivity index (χ0v) is 18.2. The standard InChI is InChI=1S/C23H17FN4O4S/c1-33(29,30)22-25-10-9-19(26-22)21-20(27-23-28(21)11-12-31-23)16-3-2-4-18(13-16)32-14-15-5-7-17(24)8-6-15/h2-13H,14H2,1H3. The first-order valence-corrected chi connectivity index (χ1v) is 11.7. The molecule has 0 radical (unpaired) electrons. The molecule has 8 nitrogen and oxygen atoms in total. The largest absolute Gasteiger partial charge is 0.489 e. The van der Waals surface area contributed by atoms with Crippen LogP contribution in [0.3, 0.4) is 0 Å². The second kappa shape index (κ2) is 8.14. The number of hydrogen-bond donors (Lipinski definition) is 0. The van der Waals surface area contributed by atoms with Crippen molar-refractivity contribution in [3.8, 4) is 28.4 Å². The maximum atomic E-state index is 13.1. The number of benzene rings is 2. The third-order valence-electron chi connectivity index (χ3n) is 4.90. The Labute approximate surface area is 188 Å². The summed E-state index contributed by atoms with van der Waals surface area (Å²) in [4.78, 5) is 12.7. The lowest BCUT2D eigenvalue weighted by atomic mass is 10.1. The summed E-state index contributed by atoms with van der Waals surface area (Å²) in [5.74, 6) is 0.616. The molecule has 0 aliphatic heterocycles. The predicted molar refractivity (Wildman–Crippen MR) is 118 cm³/mol. The molecule has 2 aromatic carbocycles. The van der Waals surface area contributed by atoms with Crippen LogP contribution in [0.2, 0.25) is 0 Å². The molecule has 0 saturated carbocycles. The lowest BCUT2D eigenvalue weighted by molar-refractivity contribution is 0.306. The number of sulfone groups is 1. The van der Waals surface area contributed by atoms with E-state index in [0.717, 1.165) is 17.4 Å². The first kappa shape index (κ1) is 20.8. The number of rotatable bonds is 6. The van der Waals surface area contributed by atoms with Gasteiger partial charge in [0.25, 0.3) is 0 Å². The van der Waals surface area contributed by atoms with Gasteiger partial charge in [-0.25, -0.2) is 22.8 Å². The number of fused-ring (bicyclic) bond motifs is 1. The SMILES string of the molecule is CS(=O)(=O)c1nccc(-c2c(-c3cccc(OCc4ccc(F)cc4)c3)nc3occn23)n1. The Morgan fingerprint density at radius 2 is 1.91 bits per heavy atom. The van der Waals surface area contributed by atoms with Crippen molar-refractivity contribution in [3.63, 3.8) is 0 Å². The third-order valence-corrected chi connectivity index (χ3v) is 5.76. The van der Waals surface area contributed by atoms with Crippen molar-refractivity contribution in [1.82, 2.24) is 19.4 Å². The van der Waals surface area contributed by atoms with Gasteiger partial charge in [-0.15, -0.1) is 0 Å². The second-order valence-corrected chi connectivity index (χ2v) is 9.21. The highest BCUT2D eigenvalue weighted by Gasteiger charge is 2.21. The molecule has 0 N–H and O–H groups in total. The summed E-state index contributed by atoms with van der Waals surface area (Å²) in [7, 11) is -3.60. The van der Waals surface area contributed by atoms with Gasteiger partial charge in [-0.3, -0.25) is 4.40 Å². The molecule has 0 spiro atoms. The van der Waals surface area contributed by atoms with E-state index < -0.39 is 9.84 Å². The van der Waals surface area contributed by atoms with E-state index in [-0.39, 0.29) is 17.6 Å². The van der Waals surface area contributed by atoms with E-state index in [1.807, 2.05) is 18.2 Å². The zero-order chi connectivity index (χ0) is 23.0. The predicted octanol–water partition coefficient (Wildman–Crippen LogP) is 4.17. The average Bonchev–Trinajstić information content (AvgIpc) is 3.40. The Kier molecular flexibility index (Phi) is 5.14. The average molecular weight is 464 g/mol. The molecular formula is C23H17FN4O4S. The molecule has 0 fully saturated rings. The molecule has 10 heteroatoms.